The Morgan fingerprint density at radius 1 is 0.250 bits per heavy atom. The van der Waals surface area contributed by atoms with Gasteiger partial charge in [0, 0.05) is 19.3 Å². The van der Waals surface area contributed by atoms with Crippen LogP contribution in [0.2, 0.25) is 0 Å². The molecule has 0 N–H and O–H groups in total. The third-order valence-electron chi connectivity index (χ3n) is 16.7. The summed E-state index contributed by atoms with van der Waals surface area (Å²) in [6.45, 7) is 6.67. The van der Waals surface area contributed by atoms with Crippen LogP contribution in [0, 0.1) is 0 Å². The van der Waals surface area contributed by atoms with Crippen LogP contribution in [0.4, 0.5) is 0 Å². The molecule has 0 saturated heterocycles. The Morgan fingerprint density at radius 2 is 0.450 bits per heavy atom. The van der Waals surface area contributed by atoms with Crippen LogP contribution in [0.1, 0.15) is 412 Å². The summed E-state index contributed by atoms with van der Waals surface area (Å²) in [5.41, 5.74) is 0. The smallest absolute Gasteiger partial charge is 0.306 e. The van der Waals surface area contributed by atoms with Gasteiger partial charge in [-0.15, -0.1) is 0 Å². The molecule has 0 aromatic carbocycles. The first-order valence-corrected chi connectivity index (χ1v) is 36.3. The molecule has 472 valence electrons. The number of esters is 3. The molecule has 0 amide bonds. The Balaban J connectivity index is 3.99. The lowest BCUT2D eigenvalue weighted by molar-refractivity contribution is -0.167. The van der Waals surface area contributed by atoms with Gasteiger partial charge in [-0.1, -0.05) is 366 Å². The lowest BCUT2D eigenvalue weighted by atomic mass is 10.0. The van der Waals surface area contributed by atoms with E-state index < -0.39 is 6.10 Å². The highest BCUT2D eigenvalue weighted by Gasteiger charge is 2.19. The number of hydrogen-bond donors (Lipinski definition) is 0. The zero-order chi connectivity index (χ0) is 57.8. The molecule has 0 radical (unpaired) electrons. The summed E-state index contributed by atoms with van der Waals surface area (Å²) in [6.07, 6.45) is 85.4. The zero-order valence-electron chi connectivity index (χ0n) is 54.4. The van der Waals surface area contributed by atoms with Gasteiger partial charge < -0.3 is 14.2 Å². The Bertz CT molecular complexity index is 1290. The quantitative estimate of drug-likeness (QED) is 0.0261. The van der Waals surface area contributed by atoms with Gasteiger partial charge in [-0.3, -0.25) is 14.4 Å². The molecule has 0 aromatic rings. The van der Waals surface area contributed by atoms with Gasteiger partial charge in [-0.2, -0.15) is 0 Å². The largest absolute Gasteiger partial charge is 0.462 e. The summed E-state index contributed by atoms with van der Waals surface area (Å²) in [4.78, 5) is 38.2. The lowest BCUT2D eigenvalue weighted by Crippen LogP contribution is -2.30. The highest BCUT2D eigenvalue weighted by Crippen LogP contribution is 2.19. The number of hydrogen-bond acceptors (Lipinski definition) is 6. The van der Waals surface area contributed by atoms with Gasteiger partial charge in [0.2, 0.25) is 0 Å². The molecule has 1 atom stereocenters. The maximum atomic E-state index is 12.9. The monoisotopic (exact) mass is 1130 g/mol. The van der Waals surface area contributed by atoms with Crippen molar-refractivity contribution in [1.29, 1.82) is 0 Å². The molecule has 0 aliphatic carbocycles. The molecule has 6 heteroatoms. The van der Waals surface area contributed by atoms with Crippen LogP contribution in [0.3, 0.4) is 0 Å². The highest BCUT2D eigenvalue weighted by atomic mass is 16.6. The molecule has 0 aromatic heterocycles. The van der Waals surface area contributed by atoms with Crippen LogP contribution >= 0.6 is 0 Å². The van der Waals surface area contributed by atoms with Gasteiger partial charge in [0.1, 0.15) is 13.2 Å². The molecule has 0 rings (SSSR count). The number of allylic oxidation sites excluding steroid dienone is 4. The minimum Gasteiger partial charge on any atom is -0.462 e. The van der Waals surface area contributed by atoms with Crippen molar-refractivity contribution >= 4 is 17.9 Å². The first-order valence-electron chi connectivity index (χ1n) is 36.3. The molecule has 0 fully saturated rings. The summed E-state index contributed by atoms with van der Waals surface area (Å²) in [7, 11) is 0. The van der Waals surface area contributed by atoms with E-state index in [0.29, 0.717) is 19.3 Å². The molecule has 6 nitrogen and oxygen atoms in total. The Labute approximate surface area is 500 Å². The first-order chi connectivity index (χ1) is 39.5. The van der Waals surface area contributed by atoms with Gasteiger partial charge >= 0.3 is 17.9 Å². The Kier molecular flexibility index (Phi) is 67.6. The zero-order valence-corrected chi connectivity index (χ0v) is 54.4. The molecule has 0 bridgehead atoms. The van der Waals surface area contributed by atoms with E-state index in [2.05, 4.69) is 45.1 Å². The normalized spacial score (nSPS) is 12.1. The van der Waals surface area contributed by atoms with Crippen LogP contribution in [-0.4, -0.2) is 37.2 Å². The fourth-order valence-corrected chi connectivity index (χ4v) is 11.2. The molecular formula is C74H140O6. The first kappa shape index (κ1) is 77.9. The molecule has 80 heavy (non-hydrogen) atoms. The predicted molar refractivity (Wildman–Crippen MR) is 349 cm³/mol. The molecule has 0 aliphatic heterocycles. The van der Waals surface area contributed by atoms with Gasteiger partial charge in [0.15, 0.2) is 6.10 Å². The third-order valence-corrected chi connectivity index (χ3v) is 16.7. The molecule has 0 saturated carbocycles. The van der Waals surface area contributed by atoms with Crippen LogP contribution in [-0.2, 0) is 28.6 Å². The summed E-state index contributed by atoms with van der Waals surface area (Å²) in [6, 6.07) is 0. The SMILES string of the molecule is CCCCCCC/C=C\C/C=C\CCCCCCCCCCCC(=O)OC(COC(=O)CCCCCCCCCC)COC(=O)CCCCCCCCCCCCCCCCCCCCCCCCCCCCCCCCCCC. The van der Waals surface area contributed by atoms with Crippen molar-refractivity contribution in [3.05, 3.63) is 24.3 Å². The second-order valence-corrected chi connectivity index (χ2v) is 24.9. The minimum atomic E-state index is -0.769. The van der Waals surface area contributed by atoms with E-state index in [4.69, 9.17) is 14.2 Å². The minimum absolute atomic E-state index is 0.0673. The lowest BCUT2D eigenvalue weighted by Gasteiger charge is -2.18. The van der Waals surface area contributed by atoms with E-state index in [1.54, 1.807) is 0 Å². The van der Waals surface area contributed by atoms with Crippen LogP contribution in [0.5, 0.6) is 0 Å². The Hall–Kier alpha value is -2.11. The molecule has 1 unspecified atom stereocenters. The van der Waals surface area contributed by atoms with E-state index in [1.807, 2.05) is 0 Å². The maximum Gasteiger partial charge on any atom is 0.306 e. The summed E-state index contributed by atoms with van der Waals surface area (Å²) in [5, 5.41) is 0. The number of rotatable bonds is 68. The van der Waals surface area contributed by atoms with E-state index in [0.717, 1.165) is 64.2 Å². The second kappa shape index (κ2) is 69.4. The van der Waals surface area contributed by atoms with Gasteiger partial charge in [-0.25, -0.2) is 0 Å². The van der Waals surface area contributed by atoms with Crippen LogP contribution in [0.25, 0.3) is 0 Å². The van der Waals surface area contributed by atoms with E-state index in [1.165, 1.54) is 308 Å². The topological polar surface area (TPSA) is 78.9 Å². The van der Waals surface area contributed by atoms with E-state index in [9.17, 15) is 14.4 Å². The summed E-state index contributed by atoms with van der Waals surface area (Å²) < 4.78 is 16.9. The number of carbonyl (C=O) groups is 3. The van der Waals surface area contributed by atoms with Crippen molar-refractivity contribution in [1.82, 2.24) is 0 Å². The predicted octanol–water partition coefficient (Wildman–Crippen LogP) is 25.0. The van der Waals surface area contributed by atoms with E-state index in [-0.39, 0.29) is 31.1 Å². The summed E-state index contributed by atoms with van der Waals surface area (Å²) >= 11 is 0. The third kappa shape index (κ3) is 66.7. The van der Waals surface area contributed by atoms with Crippen LogP contribution in [0.15, 0.2) is 24.3 Å². The molecule has 0 heterocycles. The highest BCUT2D eigenvalue weighted by molar-refractivity contribution is 5.71. The average Bonchev–Trinajstić information content (AvgIpc) is 3.46. The van der Waals surface area contributed by atoms with Crippen molar-refractivity contribution in [2.24, 2.45) is 0 Å². The number of unbranched alkanes of at least 4 members (excludes halogenated alkanes) is 53. The van der Waals surface area contributed by atoms with Gasteiger partial charge in [0.25, 0.3) is 0 Å². The average molecular weight is 1130 g/mol. The fraction of sp³-hybridized carbons (Fsp3) is 0.905. The van der Waals surface area contributed by atoms with Crippen molar-refractivity contribution in [2.45, 2.75) is 419 Å². The van der Waals surface area contributed by atoms with Crippen LogP contribution < -0.4 is 0 Å². The number of ether oxygens (including phenoxy) is 3. The standard InChI is InChI=1S/C74H140O6/c1-4-7-10-13-16-19-21-23-25-27-29-31-32-33-34-35-36-37-38-39-40-41-42-44-45-47-49-51-53-55-58-61-64-67-73(76)79-70-71(69-78-72(75)66-63-60-57-18-15-12-9-6-3)80-74(77)68-65-62-59-56-54-52-50-48-46-43-30-28-26-24-22-20-17-14-11-8-5-2/h22,24,28,30,71H,4-21,23,25-27,29,31-70H2,1-3H3/b24-22-,30-28-. The molecule has 0 spiro atoms. The van der Waals surface area contributed by atoms with Crippen molar-refractivity contribution in [3.63, 3.8) is 0 Å². The molecular weight excluding hydrogens is 985 g/mol. The maximum absolute atomic E-state index is 12.9. The van der Waals surface area contributed by atoms with Crippen molar-refractivity contribution in [2.75, 3.05) is 13.2 Å². The van der Waals surface area contributed by atoms with Crippen molar-refractivity contribution < 1.29 is 28.6 Å². The van der Waals surface area contributed by atoms with Crippen molar-refractivity contribution in [3.8, 4) is 0 Å². The van der Waals surface area contributed by atoms with Gasteiger partial charge in [-0.05, 0) is 51.4 Å². The fourth-order valence-electron chi connectivity index (χ4n) is 11.2. The number of carbonyl (C=O) groups excluding carboxylic acids is 3. The molecule has 0 aliphatic rings. The van der Waals surface area contributed by atoms with E-state index >= 15 is 0 Å². The second-order valence-electron chi connectivity index (χ2n) is 24.9. The summed E-state index contributed by atoms with van der Waals surface area (Å²) in [5.74, 6) is -0.848. The van der Waals surface area contributed by atoms with Gasteiger partial charge in [0.05, 0.1) is 0 Å². The Morgan fingerprint density at radius 3 is 0.688 bits per heavy atom.